The maximum atomic E-state index is 12.7. The number of aromatic amines is 1. The van der Waals surface area contributed by atoms with E-state index in [0.717, 1.165) is 23.4 Å². The van der Waals surface area contributed by atoms with Gasteiger partial charge in [0, 0.05) is 17.3 Å². The Balaban J connectivity index is 2.08. The predicted molar refractivity (Wildman–Crippen MR) is 87.0 cm³/mol. The lowest BCUT2D eigenvalue weighted by molar-refractivity contribution is -0.885. The van der Waals surface area contributed by atoms with Gasteiger partial charge in [0.2, 0.25) is 5.78 Å². The van der Waals surface area contributed by atoms with E-state index in [1.165, 1.54) is 6.92 Å². The van der Waals surface area contributed by atoms with Crippen molar-refractivity contribution in [3.8, 4) is 0 Å². The number of carbonyl (C=O) groups excluding carboxylic acids is 3. The molecule has 3 N–H and O–H groups in total. The van der Waals surface area contributed by atoms with Gasteiger partial charge in [-0.15, -0.1) is 0 Å². The monoisotopic (exact) mass is 320 g/mol. The van der Waals surface area contributed by atoms with E-state index in [-0.39, 0.29) is 30.1 Å². The molecule has 2 rings (SSSR count). The number of quaternary nitrogens is 1. The zero-order chi connectivity index (χ0) is 17.3. The molecule has 1 amide bonds. The number of ketones is 2. The first-order valence-electron chi connectivity index (χ1n) is 8.08. The van der Waals surface area contributed by atoms with Crippen LogP contribution in [0.2, 0.25) is 0 Å². The number of aryl methyl sites for hydroxylation is 1. The van der Waals surface area contributed by atoms with Crippen molar-refractivity contribution in [1.82, 2.24) is 10.3 Å². The van der Waals surface area contributed by atoms with Crippen LogP contribution in [0.25, 0.3) is 0 Å². The molecular formula is C17H26N3O3+. The average molecular weight is 320 g/mol. The number of carbonyl (C=O) groups is 3. The number of H-pyrrole nitrogens is 1. The molecule has 1 aliphatic carbocycles. The number of rotatable bonds is 7. The van der Waals surface area contributed by atoms with Gasteiger partial charge in [-0.2, -0.15) is 0 Å². The molecule has 1 heterocycles. The first-order chi connectivity index (χ1) is 10.7. The topological polar surface area (TPSA) is 83.5 Å². The second-order valence-electron chi connectivity index (χ2n) is 6.63. The molecule has 0 bridgehead atoms. The second kappa shape index (κ2) is 6.66. The standard InChI is InChI=1S/C17H25N3O3/c1-9-15(12(4)21)10(2)18-16(9)17(23)11(3)20(5)8-14(22)19-13-6-7-13/h11,13,18H,6-8H2,1-5H3,(H,19,22)/p+1/t11-/m0/s1. The third-order valence-electron chi connectivity index (χ3n) is 4.55. The number of amides is 1. The summed E-state index contributed by atoms with van der Waals surface area (Å²) in [6, 6.07) is -0.0377. The van der Waals surface area contributed by atoms with Crippen molar-refractivity contribution in [2.24, 2.45) is 0 Å². The van der Waals surface area contributed by atoms with Gasteiger partial charge in [-0.3, -0.25) is 14.4 Å². The molecule has 0 saturated heterocycles. The van der Waals surface area contributed by atoms with E-state index >= 15 is 0 Å². The Morgan fingerprint density at radius 2 is 1.91 bits per heavy atom. The number of likely N-dealkylation sites (N-methyl/N-ethyl adjacent to an activating group) is 1. The third-order valence-corrected chi connectivity index (χ3v) is 4.55. The van der Waals surface area contributed by atoms with E-state index in [1.807, 2.05) is 14.0 Å². The molecule has 1 saturated carbocycles. The van der Waals surface area contributed by atoms with Crippen LogP contribution in [0.4, 0.5) is 0 Å². The van der Waals surface area contributed by atoms with Gasteiger partial charge in [0.15, 0.2) is 18.4 Å². The van der Waals surface area contributed by atoms with Crippen LogP contribution in [0.3, 0.4) is 0 Å². The Morgan fingerprint density at radius 3 is 2.39 bits per heavy atom. The van der Waals surface area contributed by atoms with Crippen molar-refractivity contribution in [1.29, 1.82) is 0 Å². The largest absolute Gasteiger partial charge is 0.355 e. The fourth-order valence-corrected chi connectivity index (χ4v) is 2.88. The summed E-state index contributed by atoms with van der Waals surface area (Å²) in [6.45, 7) is 7.16. The fourth-order valence-electron chi connectivity index (χ4n) is 2.88. The van der Waals surface area contributed by atoms with Crippen molar-refractivity contribution in [2.45, 2.75) is 52.6 Å². The van der Waals surface area contributed by atoms with Gasteiger partial charge in [-0.05, 0) is 46.1 Å². The first-order valence-corrected chi connectivity index (χ1v) is 8.08. The summed E-state index contributed by atoms with van der Waals surface area (Å²) in [6.07, 6.45) is 2.10. The van der Waals surface area contributed by atoms with Crippen LogP contribution < -0.4 is 10.2 Å². The molecule has 1 unspecified atom stereocenters. The van der Waals surface area contributed by atoms with Crippen LogP contribution in [-0.2, 0) is 4.79 Å². The van der Waals surface area contributed by atoms with Gasteiger partial charge >= 0.3 is 0 Å². The highest BCUT2D eigenvalue weighted by Crippen LogP contribution is 2.19. The highest BCUT2D eigenvalue weighted by atomic mass is 16.2. The summed E-state index contributed by atoms with van der Waals surface area (Å²) in [7, 11) is 1.84. The van der Waals surface area contributed by atoms with Crippen LogP contribution >= 0.6 is 0 Å². The molecule has 1 fully saturated rings. The van der Waals surface area contributed by atoms with E-state index in [4.69, 9.17) is 0 Å². The minimum Gasteiger partial charge on any atom is -0.355 e. The molecule has 0 aromatic carbocycles. The second-order valence-corrected chi connectivity index (χ2v) is 6.63. The summed E-state index contributed by atoms with van der Waals surface area (Å²) in [5.41, 5.74) is 2.48. The molecule has 6 nitrogen and oxygen atoms in total. The molecular weight excluding hydrogens is 294 g/mol. The molecule has 126 valence electrons. The molecule has 1 aromatic rings. The lowest BCUT2D eigenvalue weighted by Crippen LogP contribution is -3.14. The number of aromatic nitrogens is 1. The van der Waals surface area contributed by atoms with Crippen molar-refractivity contribution < 1.29 is 19.3 Å². The van der Waals surface area contributed by atoms with E-state index in [9.17, 15) is 14.4 Å². The first kappa shape index (κ1) is 17.4. The van der Waals surface area contributed by atoms with Gasteiger partial charge in [-0.1, -0.05) is 0 Å². The lowest BCUT2D eigenvalue weighted by Gasteiger charge is -2.20. The zero-order valence-corrected chi connectivity index (χ0v) is 14.5. The lowest BCUT2D eigenvalue weighted by atomic mass is 10.0. The van der Waals surface area contributed by atoms with E-state index in [1.54, 1.807) is 13.8 Å². The van der Waals surface area contributed by atoms with E-state index in [2.05, 4.69) is 10.3 Å². The van der Waals surface area contributed by atoms with Crippen LogP contribution in [0, 0.1) is 13.8 Å². The van der Waals surface area contributed by atoms with E-state index < -0.39 is 0 Å². The minimum atomic E-state index is -0.364. The summed E-state index contributed by atoms with van der Waals surface area (Å²) in [4.78, 5) is 40.2. The predicted octanol–water partition coefficient (Wildman–Crippen LogP) is 0.199. The molecule has 0 aliphatic heterocycles. The Morgan fingerprint density at radius 1 is 1.30 bits per heavy atom. The van der Waals surface area contributed by atoms with Gasteiger partial charge in [0.05, 0.1) is 12.7 Å². The summed E-state index contributed by atoms with van der Waals surface area (Å²) >= 11 is 0. The Hall–Kier alpha value is -1.95. The number of hydrogen-bond acceptors (Lipinski definition) is 3. The Labute approximate surface area is 136 Å². The number of Topliss-reactive ketones (excluding diaryl/α,β-unsaturated/α-hetero) is 2. The normalized spacial score (nSPS) is 16.7. The number of hydrogen-bond donors (Lipinski definition) is 3. The number of nitrogens with one attached hydrogen (secondary N) is 3. The van der Waals surface area contributed by atoms with Crippen LogP contribution in [0.5, 0.6) is 0 Å². The van der Waals surface area contributed by atoms with Crippen molar-refractivity contribution >= 4 is 17.5 Å². The SMILES string of the molecule is CC(=O)c1c(C)[nH]c(C(=O)[C@H](C)[NH+](C)CC(=O)NC2CC2)c1C. The van der Waals surface area contributed by atoms with Crippen molar-refractivity contribution in [3.05, 3.63) is 22.5 Å². The van der Waals surface area contributed by atoms with E-state index in [0.29, 0.717) is 22.9 Å². The van der Waals surface area contributed by atoms with Crippen LogP contribution in [-0.4, -0.2) is 48.1 Å². The molecule has 23 heavy (non-hydrogen) atoms. The molecule has 1 aromatic heterocycles. The summed E-state index contributed by atoms with van der Waals surface area (Å²) < 4.78 is 0. The smallest absolute Gasteiger partial charge is 0.275 e. The maximum Gasteiger partial charge on any atom is 0.275 e. The highest BCUT2D eigenvalue weighted by Gasteiger charge is 2.30. The third kappa shape index (κ3) is 3.88. The van der Waals surface area contributed by atoms with Gasteiger partial charge < -0.3 is 15.2 Å². The molecule has 6 heteroatoms. The fraction of sp³-hybridized carbons (Fsp3) is 0.588. The minimum absolute atomic E-state index is 0.0199. The quantitative estimate of drug-likeness (QED) is 0.628. The van der Waals surface area contributed by atoms with Gasteiger partial charge in [-0.25, -0.2) is 0 Å². The van der Waals surface area contributed by atoms with Crippen LogP contribution in [0.1, 0.15) is 58.8 Å². The van der Waals surface area contributed by atoms with Crippen molar-refractivity contribution in [3.63, 3.8) is 0 Å². The zero-order valence-electron chi connectivity index (χ0n) is 14.5. The van der Waals surface area contributed by atoms with Gasteiger partial charge in [0.1, 0.15) is 0 Å². The summed E-state index contributed by atoms with van der Waals surface area (Å²) in [5.74, 6) is -0.143. The van der Waals surface area contributed by atoms with Crippen LogP contribution in [0.15, 0.2) is 0 Å². The average Bonchev–Trinajstić information content (AvgIpc) is 3.20. The molecule has 0 radical (unpaired) electrons. The summed E-state index contributed by atoms with van der Waals surface area (Å²) in [5, 5.41) is 2.93. The molecule has 1 aliphatic rings. The van der Waals surface area contributed by atoms with Gasteiger partial charge in [0.25, 0.3) is 5.91 Å². The molecule has 0 spiro atoms. The Bertz CT molecular complexity index is 644. The molecule has 2 atom stereocenters. The highest BCUT2D eigenvalue weighted by molar-refractivity contribution is 6.04. The maximum absolute atomic E-state index is 12.7. The van der Waals surface area contributed by atoms with Crippen molar-refractivity contribution in [2.75, 3.05) is 13.6 Å². The Kier molecular flexibility index (Phi) is 5.04.